The van der Waals surface area contributed by atoms with Crippen LogP contribution in [0.15, 0.2) is 18.2 Å². The molecule has 0 heterocycles. The van der Waals surface area contributed by atoms with Crippen LogP contribution >= 0.6 is 12.4 Å². The first-order valence-electron chi connectivity index (χ1n) is 5.79. The number of hydrogen-bond acceptors (Lipinski definition) is 4. The third kappa shape index (κ3) is 4.96. The Morgan fingerprint density at radius 1 is 1.26 bits per heavy atom. The van der Waals surface area contributed by atoms with Crippen molar-refractivity contribution < 1.29 is 14.3 Å². The molecular formula is C13H21ClN2O3. The zero-order valence-corrected chi connectivity index (χ0v) is 12.5. The van der Waals surface area contributed by atoms with E-state index in [1.54, 1.807) is 32.4 Å². The van der Waals surface area contributed by atoms with Gasteiger partial charge in [0.25, 0.3) is 5.91 Å². The zero-order chi connectivity index (χ0) is 13.5. The number of halogens is 1. The van der Waals surface area contributed by atoms with Gasteiger partial charge in [0.05, 0.1) is 14.2 Å². The van der Waals surface area contributed by atoms with Crippen LogP contribution in [0.2, 0.25) is 0 Å². The zero-order valence-electron chi connectivity index (χ0n) is 11.6. The molecule has 5 nitrogen and oxygen atoms in total. The smallest absolute Gasteiger partial charge is 0.251 e. The molecule has 0 saturated carbocycles. The predicted octanol–water partition coefficient (Wildman–Crippen LogP) is 1.46. The summed E-state index contributed by atoms with van der Waals surface area (Å²) in [7, 11) is 4.96. The average Bonchev–Trinajstić information content (AvgIpc) is 2.43. The van der Waals surface area contributed by atoms with E-state index in [-0.39, 0.29) is 24.4 Å². The minimum Gasteiger partial charge on any atom is -0.493 e. The van der Waals surface area contributed by atoms with Crippen molar-refractivity contribution in [3.63, 3.8) is 0 Å². The molecule has 2 N–H and O–H groups in total. The highest BCUT2D eigenvalue weighted by atomic mass is 35.5. The standard InChI is InChI=1S/C13H20N2O3.ClH/c1-9(14-2)8-15-13(16)10-5-6-11(17-3)12(7-10)18-4;/h5-7,9,14H,8H2,1-4H3,(H,15,16);1H. The molecule has 1 unspecified atom stereocenters. The SMILES string of the molecule is CNC(C)CNC(=O)c1ccc(OC)c(OC)c1.Cl. The number of carbonyl (C=O) groups excluding carboxylic acids is 1. The maximum Gasteiger partial charge on any atom is 0.251 e. The van der Waals surface area contributed by atoms with E-state index in [0.717, 1.165) is 0 Å². The van der Waals surface area contributed by atoms with Gasteiger partial charge >= 0.3 is 0 Å². The molecule has 1 aromatic rings. The van der Waals surface area contributed by atoms with Crippen LogP contribution in [-0.2, 0) is 0 Å². The summed E-state index contributed by atoms with van der Waals surface area (Å²) in [6, 6.07) is 5.32. The topological polar surface area (TPSA) is 59.6 Å². The number of rotatable bonds is 6. The van der Waals surface area contributed by atoms with Crippen molar-refractivity contribution >= 4 is 18.3 Å². The molecule has 0 spiro atoms. The van der Waals surface area contributed by atoms with Gasteiger partial charge in [0.15, 0.2) is 11.5 Å². The van der Waals surface area contributed by atoms with Gasteiger partial charge in [0.1, 0.15) is 0 Å². The van der Waals surface area contributed by atoms with E-state index in [2.05, 4.69) is 10.6 Å². The maximum absolute atomic E-state index is 11.9. The molecule has 1 aromatic carbocycles. The van der Waals surface area contributed by atoms with Crippen LogP contribution in [0.5, 0.6) is 11.5 Å². The van der Waals surface area contributed by atoms with Gasteiger partial charge in [-0.3, -0.25) is 4.79 Å². The molecule has 1 atom stereocenters. The van der Waals surface area contributed by atoms with Crippen molar-refractivity contribution in [1.29, 1.82) is 0 Å². The average molecular weight is 289 g/mol. The highest BCUT2D eigenvalue weighted by molar-refractivity contribution is 5.94. The quantitative estimate of drug-likeness (QED) is 0.832. The number of carbonyl (C=O) groups is 1. The highest BCUT2D eigenvalue weighted by Crippen LogP contribution is 2.27. The third-order valence-electron chi connectivity index (χ3n) is 2.71. The Hall–Kier alpha value is -1.46. The van der Waals surface area contributed by atoms with E-state index in [0.29, 0.717) is 23.6 Å². The fraction of sp³-hybridized carbons (Fsp3) is 0.462. The monoisotopic (exact) mass is 288 g/mol. The number of nitrogens with one attached hydrogen (secondary N) is 2. The minimum absolute atomic E-state index is 0. The molecule has 1 rings (SSSR count). The van der Waals surface area contributed by atoms with Gasteiger partial charge < -0.3 is 20.1 Å². The third-order valence-corrected chi connectivity index (χ3v) is 2.71. The van der Waals surface area contributed by atoms with Crippen LogP contribution in [0.3, 0.4) is 0 Å². The molecule has 0 aliphatic rings. The first kappa shape index (κ1) is 17.5. The molecule has 0 bridgehead atoms. The fourth-order valence-electron chi connectivity index (χ4n) is 1.43. The molecule has 19 heavy (non-hydrogen) atoms. The number of amides is 1. The number of benzene rings is 1. The Labute approximate surface area is 120 Å². The molecule has 108 valence electrons. The molecule has 0 aromatic heterocycles. The summed E-state index contributed by atoms with van der Waals surface area (Å²) in [5.41, 5.74) is 0.552. The number of ether oxygens (including phenoxy) is 2. The summed E-state index contributed by atoms with van der Waals surface area (Å²) in [6.45, 7) is 2.57. The van der Waals surface area contributed by atoms with Crippen LogP contribution in [0, 0.1) is 0 Å². The molecule has 0 saturated heterocycles. The second-order valence-electron chi connectivity index (χ2n) is 3.97. The molecule has 0 fully saturated rings. The van der Waals surface area contributed by atoms with Gasteiger partial charge in [-0.2, -0.15) is 0 Å². The summed E-state index contributed by atoms with van der Waals surface area (Å²) in [5, 5.41) is 5.89. The van der Waals surface area contributed by atoms with E-state index in [1.807, 2.05) is 14.0 Å². The van der Waals surface area contributed by atoms with Gasteiger partial charge in [-0.15, -0.1) is 12.4 Å². The predicted molar refractivity (Wildman–Crippen MR) is 77.6 cm³/mol. The van der Waals surface area contributed by atoms with Crippen molar-refractivity contribution in [1.82, 2.24) is 10.6 Å². The lowest BCUT2D eigenvalue weighted by molar-refractivity contribution is 0.0950. The summed E-state index contributed by atoms with van der Waals surface area (Å²) in [4.78, 5) is 11.9. The lowest BCUT2D eigenvalue weighted by Gasteiger charge is -2.12. The molecule has 0 radical (unpaired) electrons. The Balaban J connectivity index is 0.00000324. The van der Waals surface area contributed by atoms with Crippen molar-refractivity contribution in [3.8, 4) is 11.5 Å². The van der Waals surface area contributed by atoms with Crippen molar-refractivity contribution in [3.05, 3.63) is 23.8 Å². The van der Waals surface area contributed by atoms with Gasteiger partial charge in [0.2, 0.25) is 0 Å². The first-order chi connectivity index (χ1) is 8.62. The van der Waals surface area contributed by atoms with Crippen molar-refractivity contribution in [2.45, 2.75) is 13.0 Å². The summed E-state index contributed by atoms with van der Waals surface area (Å²) in [5.74, 6) is 1.03. The highest BCUT2D eigenvalue weighted by Gasteiger charge is 2.11. The van der Waals surface area contributed by atoms with E-state index in [1.165, 1.54) is 0 Å². The molecular weight excluding hydrogens is 268 g/mol. The Kier molecular flexibility index (Phi) is 7.95. The molecule has 0 aliphatic heterocycles. The number of hydrogen-bond donors (Lipinski definition) is 2. The fourth-order valence-corrected chi connectivity index (χ4v) is 1.43. The van der Waals surface area contributed by atoms with E-state index < -0.39 is 0 Å². The Bertz CT molecular complexity index is 413. The molecule has 6 heteroatoms. The van der Waals surface area contributed by atoms with Gasteiger partial charge in [-0.1, -0.05) is 0 Å². The largest absolute Gasteiger partial charge is 0.493 e. The summed E-state index contributed by atoms with van der Waals surface area (Å²) < 4.78 is 10.3. The number of methoxy groups -OCH3 is 2. The van der Waals surface area contributed by atoms with Crippen LogP contribution in [0.4, 0.5) is 0 Å². The van der Waals surface area contributed by atoms with Crippen LogP contribution in [0.25, 0.3) is 0 Å². The Morgan fingerprint density at radius 2 is 1.89 bits per heavy atom. The number of likely N-dealkylation sites (N-methyl/N-ethyl adjacent to an activating group) is 1. The van der Waals surface area contributed by atoms with Crippen LogP contribution in [0.1, 0.15) is 17.3 Å². The van der Waals surface area contributed by atoms with E-state index >= 15 is 0 Å². The van der Waals surface area contributed by atoms with E-state index in [4.69, 9.17) is 9.47 Å². The van der Waals surface area contributed by atoms with Gasteiger partial charge in [0, 0.05) is 18.2 Å². The lowest BCUT2D eigenvalue weighted by atomic mass is 10.2. The first-order valence-corrected chi connectivity index (χ1v) is 5.79. The van der Waals surface area contributed by atoms with Crippen LogP contribution < -0.4 is 20.1 Å². The summed E-state index contributed by atoms with van der Waals surface area (Å²) >= 11 is 0. The summed E-state index contributed by atoms with van der Waals surface area (Å²) in [6.07, 6.45) is 0. The van der Waals surface area contributed by atoms with Crippen molar-refractivity contribution in [2.75, 3.05) is 27.8 Å². The van der Waals surface area contributed by atoms with Gasteiger partial charge in [-0.25, -0.2) is 0 Å². The second-order valence-corrected chi connectivity index (χ2v) is 3.97. The molecule has 0 aliphatic carbocycles. The normalized spacial score (nSPS) is 11.2. The maximum atomic E-state index is 11.9. The van der Waals surface area contributed by atoms with E-state index in [9.17, 15) is 4.79 Å². The van der Waals surface area contributed by atoms with Crippen molar-refractivity contribution in [2.24, 2.45) is 0 Å². The Morgan fingerprint density at radius 3 is 2.42 bits per heavy atom. The lowest BCUT2D eigenvalue weighted by Crippen LogP contribution is -2.37. The second kappa shape index (κ2) is 8.61. The molecule has 1 amide bonds. The van der Waals surface area contributed by atoms with Crippen LogP contribution in [-0.4, -0.2) is 39.8 Å². The van der Waals surface area contributed by atoms with Gasteiger partial charge in [-0.05, 0) is 32.2 Å². The minimum atomic E-state index is -0.127.